The molecule has 4 fully saturated rings. The van der Waals surface area contributed by atoms with Crippen LogP contribution in [0.2, 0.25) is 0 Å². The van der Waals surface area contributed by atoms with E-state index in [1.54, 1.807) is 7.11 Å². The molecular weight excluding hydrogens is 594 g/mol. The number of Topliss-reactive ketones (excluding diaryl/α,β-unsaturated/α-hetero) is 2. The standard InChI is InChI=1S/C21H32O5.C15H25NO2.ClH/c1-19-7-5-13(23)9-12(19)3-4-14-15-6-8-21(26,17(25)11-22)20(15,2)10-16(24)18(14)19;1-6-15(17,12(2)11-16(3)4)13-8-7-9-14(10-13)18-5;/h12-15,18,22-23,26H,3-11H2,1-2H3;7-10,12,17H,6,11H2,1-5H3;1H/t12-,13-,14+,15+,18-,19+,20+,21+;12-,15+;/m10./s1. The van der Waals surface area contributed by atoms with Crippen LogP contribution in [0.4, 0.5) is 0 Å². The lowest BCUT2D eigenvalue weighted by molar-refractivity contribution is -0.180. The maximum atomic E-state index is 13.4. The van der Waals surface area contributed by atoms with E-state index < -0.39 is 29.0 Å². The summed E-state index contributed by atoms with van der Waals surface area (Å²) < 4.78 is 5.23. The summed E-state index contributed by atoms with van der Waals surface area (Å²) in [5, 5.41) is 41.6. The van der Waals surface area contributed by atoms with E-state index in [0.29, 0.717) is 18.8 Å². The van der Waals surface area contributed by atoms with Crippen molar-refractivity contribution in [1.29, 1.82) is 0 Å². The van der Waals surface area contributed by atoms with Gasteiger partial charge in [0.15, 0.2) is 5.78 Å². The number of carbonyl (C=O) groups excluding carboxylic acids is 2. The number of carbonyl (C=O) groups is 2. The molecule has 8 nitrogen and oxygen atoms in total. The molecule has 5 rings (SSSR count). The van der Waals surface area contributed by atoms with Crippen molar-refractivity contribution in [2.75, 3.05) is 34.4 Å². The zero-order chi connectivity index (χ0) is 32.7. The number of aliphatic hydroxyl groups excluding tert-OH is 2. The van der Waals surface area contributed by atoms with Crippen LogP contribution in [0.15, 0.2) is 24.3 Å². The van der Waals surface area contributed by atoms with Crippen LogP contribution in [-0.2, 0) is 15.2 Å². The van der Waals surface area contributed by atoms with E-state index in [-0.39, 0.29) is 59.8 Å². The van der Waals surface area contributed by atoms with Crippen LogP contribution in [0, 0.1) is 40.4 Å². The molecule has 45 heavy (non-hydrogen) atoms. The lowest BCUT2D eigenvalue weighted by atomic mass is 9.44. The Kier molecular flexibility index (Phi) is 12.0. The van der Waals surface area contributed by atoms with E-state index in [2.05, 4.69) is 18.7 Å². The average molecular weight is 652 g/mol. The van der Waals surface area contributed by atoms with Gasteiger partial charge in [0.05, 0.1) is 18.8 Å². The maximum Gasteiger partial charge on any atom is 0.190 e. The first-order valence-corrected chi connectivity index (χ1v) is 16.7. The second kappa shape index (κ2) is 14.3. The van der Waals surface area contributed by atoms with Gasteiger partial charge < -0.3 is 30.1 Å². The van der Waals surface area contributed by atoms with Crippen molar-refractivity contribution >= 4 is 24.0 Å². The van der Waals surface area contributed by atoms with Gasteiger partial charge in [-0.25, -0.2) is 0 Å². The molecule has 4 saturated carbocycles. The molecule has 0 bridgehead atoms. The van der Waals surface area contributed by atoms with Crippen molar-refractivity contribution in [1.82, 2.24) is 4.90 Å². The van der Waals surface area contributed by atoms with Gasteiger partial charge in [-0.2, -0.15) is 0 Å². The molecule has 0 amide bonds. The summed E-state index contributed by atoms with van der Waals surface area (Å²) in [6, 6.07) is 7.72. The summed E-state index contributed by atoms with van der Waals surface area (Å²) in [5.74, 6) is 1.33. The Balaban J connectivity index is 0.000000258. The van der Waals surface area contributed by atoms with E-state index >= 15 is 0 Å². The SMILES string of the molecule is CC[C@](O)(c1cccc(OC)c1)[C@@H](C)CN(C)C.C[C@]12CC[C@@H](O)C[C@H]1CC[C@@H]1[C@@H]2C(=O)C[C@@]2(C)[C@H]1CC[C@]2(O)C(=O)CO.Cl. The number of halogens is 1. The van der Waals surface area contributed by atoms with Crippen LogP contribution in [0.5, 0.6) is 5.75 Å². The first kappa shape index (κ1) is 37.9. The summed E-state index contributed by atoms with van der Waals surface area (Å²) in [5.41, 5.74) is -2.28. The zero-order valence-corrected chi connectivity index (χ0v) is 29.2. The third kappa shape index (κ3) is 6.62. The summed E-state index contributed by atoms with van der Waals surface area (Å²) in [4.78, 5) is 27.8. The lowest BCUT2D eigenvalue weighted by Gasteiger charge is -2.60. The molecule has 4 aliphatic carbocycles. The normalized spacial score (nSPS) is 37.5. The summed E-state index contributed by atoms with van der Waals surface area (Å²) in [6.07, 6.45) is 6.16. The number of rotatable bonds is 8. The van der Waals surface area contributed by atoms with Gasteiger partial charge in [0, 0.05) is 30.2 Å². The number of hydrogen-bond acceptors (Lipinski definition) is 8. The Morgan fingerprint density at radius 3 is 2.44 bits per heavy atom. The van der Waals surface area contributed by atoms with Crippen LogP contribution in [-0.4, -0.2) is 83.0 Å². The highest BCUT2D eigenvalue weighted by molar-refractivity contribution is 5.92. The highest BCUT2D eigenvalue weighted by Crippen LogP contribution is 2.67. The first-order chi connectivity index (χ1) is 20.6. The van der Waals surface area contributed by atoms with Gasteiger partial charge in [0.25, 0.3) is 0 Å². The van der Waals surface area contributed by atoms with Crippen molar-refractivity contribution in [3.63, 3.8) is 0 Å². The molecule has 4 N–H and O–H groups in total. The average Bonchev–Trinajstić information content (AvgIpc) is 3.26. The number of nitrogens with zero attached hydrogens (tertiary/aromatic N) is 1. The topological polar surface area (TPSA) is 128 Å². The molecule has 0 aliphatic heterocycles. The number of ether oxygens (including phenoxy) is 1. The maximum absolute atomic E-state index is 13.4. The van der Waals surface area contributed by atoms with Crippen LogP contribution in [0.25, 0.3) is 0 Å². The Bertz CT molecular complexity index is 1200. The van der Waals surface area contributed by atoms with E-state index in [1.165, 1.54) is 0 Å². The zero-order valence-electron chi connectivity index (χ0n) is 28.4. The van der Waals surface area contributed by atoms with Crippen molar-refractivity contribution < 1.29 is 34.8 Å². The van der Waals surface area contributed by atoms with Crippen molar-refractivity contribution in [2.45, 2.75) is 103 Å². The largest absolute Gasteiger partial charge is 0.497 e. The molecule has 0 aromatic heterocycles. The molecule has 1 aromatic rings. The number of fused-ring (bicyclic) bond motifs is 5. The number of methoxy groups -OCH3 is 1. The molecule has 0 unspecified atom stereocenters. The fraction of sp³-hybridized carbons (Fsp3) is 0.778. The molecule has 10 atom stereocenters. The van der Waals surface area contributed by atoms with E-state index in [9.17, 15) is 30.0 Å². The van der Waals surface area contributed by atoms with Crippen LogP contribution < -0.4 is 4.74 Å². The van der Waals surface area contributed by atoms with E-state index in [1.807, 2.05) is 52.2 Å². The van der Waals surface area contributed by atoms with E-state index in [4.69, 9.17) is 4.74 Å². The first-order valence-electron chi connectivity index (χ1n) is 16.7. The molecule has 9 heteroatoms. The minimum absolute atomic E-state index is 0. The Morgan fingerprint density at radius 2 is 1.84 bits per heavy atom. The van der Waals surface area contributed by atoms with E-state index in [0.717, 1.165) is 56.4 Å². The molecule has 4 aliphatic rings. The summed E-state index contributed by atoms with van der Waals surface area (Å²) in [6.45, 7) is 8.42. The number of ketones is 2. The lowest BCUT2D eigenvalue weighted by Crippen LogP contribution is -2.62. The van der Waals surface area contributed by atoms with Gasteiger partial charge in [0.1, 0.15) is 23.7 Å². The second-order valence-electron chi connectivity index (χ2n) is 15.2. The quantitative estimate of drug-likeness (QED) is 0.317. The van der Waals surface area contributed by atoms with Crippen molar-refractivity contribution in [2.24, 2.45) is 40.4 Å². The molecule has 1 aromatic carbocycles. The smallest absolute Gasteiger partial charge is 0.190 e. The molecule has 0 radical (unpaired) electrons. The summed E-state index contributed by atoms with van der Waals surface area (Å²) in [7, 11) is 5.70. The van der Waals surface area contributed by atoms with Gasteiger partial charge in [-0.3, -0.25) is 9.59 Å². The van der Waals surface area contributed by atoms with Gasteiger partial charge in [0.2, 0.25) is 0 Å². The predicted octanol–water partition coefficient (Wildman–Crippen LogP) is 4.77. The second-order valence-corrected chi connectivity index (χ2v) is 15.2. The molecular formula is C36H58ClNO7. The fourth-order valence-electron chi connectivity index (χ4n) is 10.1. The molecule has 0 saturated heterocycles. The van der Waals surface area contributed by atoms with Crippen LogP contribution >= 0.6 is 12.4 Å². The fourth-order valence-corrected chi connectivity index (χ4v) is 10.1. The number of aliphatic hydroxyl groups is 4. The van der Waals surface area contributed by atoms with Gasteiger partial charge in [-0.05, 0) is 106 Å². The van der Waals surface area contributed by atoms with Crippen LogP contribution in [0.1, 0.15) is 91.0 Å². The predicted molar refractivity (Wildman–Crippen MR) is 177 cm³/mol. The molecule has 0 heterocycles. The third-order valence-electron chi connectivity index (χ3n) is 12.6. The summed E-state index contributed by atoms with van der Waals surface area (Å²) >= 11 is 0. The molecule has 0 spiro atoms. The Labute approximate surface area is 276 Å². The van der Waals surface area contributed by atoms with Crippen LogP contribution in [0.3, 0.4) is 0 Å². The molecule has 256 valence electrons. The Morgan fingerprint density at radius 1 is 1.16 bits per heavy atom. The minimum atomic E-state index is -1.58. The minimum Gasteiger partial charge on any atom is -0.497 e. The van der Waals surface area contributed by atoms with Gasteiger partial charge in [-0.15, -0.1) is 12.4 Å². The van der Waals surface area contributed by atoms with Gasteiger partial charge in [-0.1, -0.05) is 39.8 Å². The highest BCUT2D eigenvalue weighted by atomic mass is 35.5. The van der Waals surface area contributed by atoms with Crippen molar-refractivity contribution in [3.8, 4) is 5.75 Å². The van der Waals surface area contributed by atoms with Crippen molar-refractivity contribution in [3.05, 3.63) is 29.8 Å². The highest BCUT2D eigenvalue weighted by Gasteiger charge is 2.68. The number of benzene rings is 1. The number of hydrogen-bond donors (Lipinski definition) is 4. The van der Waals surface area contributed by atoms with Gasteiger partial charge >= 0.3 is 0 Å². The monoisotopic (exact) mass is 651 g/mol. The third-order valence-corrected chi connectivity index (χ3v) is 12.6. The Hall–Kier alpha value is -1.55.